The zero-order chi connectivity index (χ0) is 62.6. The van der Waals surface area contributed by atoms with E-state index in [9.17, 15) is 43.2 Å². The molecule has 0 amide bonds. The Morgan fingerprint density at radius 3 is 0.694 bits per heavy atom. The first-order valence-electron chi connectivity index (χ1n) is 34.8. The first-order valence-corrected chi connectivity index (χ1v) is 37.8. The second-order valence-corrected chi connectivity index (χ2v) is 26.8. The minimum atomic E-state index is -4.94. The van der Waals surface area contributed by atoms with Gasteiger partial charge in [0.05, 0.1) is 26.4 Å². The molecule has 19 heteroatoms. The van der Waals surface area contributed by atoms with E-state index in [4.69, 9.17) is 37.0 Å². The Morgan fingerprint density at radius 1 is 0.282 bits per heavy atom. The van der Waals surface area contributed by atoms with E-state index < -0.39 is 97.5 Å². The molecule has 0 fully saturated rings. The summed E-state index contributed by atoms with van der Waals surface area (Å²) in [5.74, 6) is -2.14. The number of unbranched alkanes of at least 4 members (excludes halogenated alkanes) is 41. The van der Waals surface area contributed by atoms with Crippen molar-refractivity contribution >= 4 is 39.5 Å². The summed E-state index contributed by atoms with van der Waals surface area (Å²) in [6, 6.07) is 0. The monoisotopic (exact) mass is 1250 g/mol. The van der Waals surface area contributed by atoms with Gasteiger partial charge >= 0.3 is 39.5 Å². The molecule has 5 atom stereocenters. The standard InChI is InChI=1S/C66H128O17P2/c1-5-9-13-17-20-23-25-26-27-28-29-30-31-32-33-34-36-38-41-45-49-53-66(71)83-62(57-77-64(69)51-47-43-40-37-35-24-21-18-14-10-6-2)59-81-85(74,75)79-55-60(67)54-78-84(72,73)80-58-61(56-76-63(68)50-46-42-16-12-8-4)82-65(70)52-48-44-39-22-19-15-11-7-3/h60-62,67H,5-59H2,1-4H3,(H,72,73)(H,74,75)/t60-,61+,62+/m0/s1. The molecule has 85 heavy (non-hydrogen) atoms. The average molecular weight is 1260 g/mol. The molecule has 0 aliphatic carbocycles. The predicted molar refractivity (Wildman–Crippen MR) is 340 cm³/mol. The first kappa shape index (κ1) is 83.1. The molecule has 0 aliphatic rings. The molecule has 0 aromatic carbocycles. The van der Waals surface area contributed by atoms with Gasteiger partial charge in [-0.3, -0.25) is 37.3 Å². The summed E-state index contributed by atoms with van der Waals surface area (Å²) in [6.45, 7) is 4.79. The molecule has 3 N–H and O–H groups in total. The number of phosphoric ester groups is 2. The number of hydrogen-bond donors (Lipinski definition) is 3. The number of ether oxygens (including phenoxy) is 4. The van der Waals surface area contributed by atoms with Crippen LogP contribution in [0.3, 0.4) is 0 Å². The Balaban J connectivity index is 5.06. The van der Waals surface area contributed by atoms with Crippen LogP contribution in [0.15, 0.2) is 0 Å². The minimum absolute atomic E-state index is 0.104. The Hall–Kier alpha value is -1.94. The zero-order valence-electron chi connectivity index (χ0n) is 54.6. The number of rotatable bonds is 67. The molecular formula is C66H128O17P2. The molecule has 2 unspecified atom stereocenters. The van der Waals surface area contributed by atoms with Gasteiger partial charge in [0.15, 0.2) is 12.2 Å². The Kier molecular flexibility index (Phi) is 59.6. The van der Waals surface area contributed by atoms with E-state index in [1.165, 1.54) is 161 Å². The van der Waals surface area contributed by atoms with Crippen molar-refractivity contribution in [3.8, 4) is 0 Å². The van der Waals surface area contributed by atoms with Crippen LogP contribution in [0.4, 0.5) is 0 Å². The van der Waals surface area contributed by atoms with Crippen molar-refractivity contribution in [3.05, 3.63) is 0 Å². The molecule has 0 saturated heterocycles. The fourth-order valence-corrected chi connectivity index (χ4v) is 11.6. The third kappa shape index (κ3) is 60.7. The van der Waals surface area contributed by atoms with E-state index in [0.29, 0.717) is 25.7 Å². The lowest BCUT2D eigenvalue weighted by Crippen LogP contribution is -2.30. The van der Waals surface area contributed by atoms with E-state index in [2.05, 4.69) is 27.7 Å². The van der Waals surface area contributed by atoms with Gasteiger partial charge in [0.2, 0.25) is 0 Å². The summed E-state index contributed by atoms with van der Waals surface area (Å²) in [5, 5.41) is 10.5. The topological polar surface area (TPSA) is 237 Å². The Bertz CT molecular complexity index is 1640. The molecule has 17 nitrogen and oxygen atoms in total. The van der Waals surface area contributed by atoms with Gasteiger partial charge in [-0.2, -0.15) is 0 Å². The largest absolute Gasteiger partial charge is 0.472 e. The summed E-state index contributed by atoms with van der Waals surface area (Å²) in [6.07, 6.45) is 47.8. The highest BCUT2D eigenvalue weighted by atomic mass is 31.2. The maximum Gasteiger partial charge on any atom is 0.472 e. The zero-order valence-corrected chi connectivity index (χ0v) is 56.4. The quantitative estimate of drug-likeness (QED) is 0.0222. The molecule has 504 valence electrons. The fraction of sp³-hybridized carbons (Fsp3) is 0.939. The SMILES string of the molecule is CCCCCCCCCCCCCCCCCCCCCCCC(=O)O[C@H](COC(=O)CCCCCCCCCCCCC)COP(=O)(O)OC[C@@H](O)COP(=O)(O)OC[C@@H](COC(=O)CCCCCCC)OC(=O)CCCCCCCCCC. The van der Waals surface area contributed by atoms with Gasteiger partial charge in [-0.1, -0.05) is 291 Å². The lowest BCUT2D eigenvalue weighted by Gasteiger charge is -2.21. The predicted octanol–water partition coefficient (Wildman–Crippen LogP) is 18.7. The van der Waals surface area contributed by atoms with E-state index in [1.807, 2.05) is 0 Å². The van der Waals surface area contributed by atoms with Crippen LogP contribution in [-0.4, -0.2) is 96.7 Å². The highest BCUT2D eigenvalue weighted by molar-refractivity contribution is 7.47. The highest BCUT2D eigenvalue weighted by Crippen LogP contribution is 2.45. The maximum atomic E-state index is 13.0. The van der Waals surface area contributed by atoms with Crippen molar-refractivity contribution in [2.24, 2.45) is 0 Å². The minimum Gasteiger partial charge on any atom is -0.462 e. The molecule has 0 rings (SSSR count). The van der Waals surface area contributed by atoms with Crippen molar-refractivity contribution in [2.75, 3.05) is 39.6 Å². The Labute approximate surface area is 517 Å². The molecule has 0 bridgehead atoms. The number of hydrogen-bond acceptors (Lipinski definition) is 15. The van der Waals surface area contributed by atoms with Gasteiger partial charge in [0, 0.05) is 25.7 Å². The van der Waals surface area contributed by atoms with Gasteiger partial charge < -0.3 is 33.8 Å². The summed E-state index contributed by atoms with van der Waals surface area (Å²) < 4.78 is 67.8. The summed E-state index contributed by atoms with van der Waals surface area (Å²) >= 11 is 0. The third-order valence-electron chi connectivity index (χ3n) is 15.4. The summed E-state index contributed by atoms with van der Waals surface area (Å²) in [7, 11) is -9.87. The van der Waals surface area contributed by atoms with Crippen LogP contribution in [0.2, 0.25) is 0 Å². The van der Waals surface area contributed by atoms with Crippen LogP contribution in [0.1, 0.15) is 342 Å². The van der Waals surface area contributed by atoms with E-state index >= 15 is 0 Å². The van der Waals surface area contributed by atoms with Gasteiger partial charge in [-0.05, 0) is 25.7 Å². The maximum absolute atomic E-state index is 13.0. The van der Waals surface area contributed by atoms with Crippen LogP contribution < -0.4 is 0 Å². The van der Waals surface area contributed by atoms with E-state index in [1.54, 1.807) is 0 Å². The third-order valence-corrected chi connectivity index (χ3v) is 17.3. The lowest BCUT2D eigenvalue weighted by molar-refractivity contribution is -0.161. The number of phosphoric acid groups is 2. The molecular weight excluding hydrogens is 1130 g/mol. The number of aliphatic hydroxyl groups is 1. The van der Waals surface area contributed by atoms with Crippen molar-refractivity contribution in [1.82, 2.24) is 0 Å². The van der Waals surface area contributed by atoms with Crippen LogP contribution >= 0.6 is 15.6 Å². The molecule has 0 aromatic rings. The number of carbonyl (C=O) groups excluding carboxylic acids is 4. The average Bonchev–Trinajstić information content (AvgIpc) is 3.58. The van der Waals surface area contributed by atoms with Crippen LogP contribution in [0.5, 0.6) is 0 Å². The van der Waals surface area contributed by atoms with Crippen LogP contribution in [-0.2, 0) is 65.4 Å². The lowest BCUT2D eigenvalue weighted by atomic mass is 10.0. The number of carbonyl (C=O) groups is 4. The summed E-state index contributed by atoms with van der Waals surface area (Å²) in [4.78, 5) is 71.9. The van der Waals surface area contributed by atoms with Crippen molar-refractivity contribution in [2.45, 2.75) is 361 Å². The van der Waals surface area contributed by atoms with Gasteiger partial charge in [-0.15, -0.1) is 0 Å². The van der Waals surface area contributed by atoms with Crippen molar-refractivity contribution in [3.63, 3.8) is 0 Å². The molecule has 0 aliphatic heterocycles. The molecule has 0 saturated carbocycles. The second kappa shape index (κ2) is 60.9. The molecule has 0 radical (unpaired) electrons. The van der Waals surface area contributed by atoms with Gasteiger partial charge in [-0.25, -0.2) is 9.13 Å². The normalized spacial score (nSPS) is 14.1. The van der Waals surface area contributed by atoms with Crippen LogP contribution in [0.25, 0.3) is 0 Å². The first-order chi connectivity index (χ1) is 41.2. The highest BCUT2D eigenvalue weighted by Gasteiger charge is 2.30. The molecule has 0 spiro atoms. The van der Waals surface area contributed by atoms with E-state index in [0.717, 1.165) is 103 Å². The van der Waals surface area contributed by atoms with E-state index in [-0.39, 0.29) is 25.7 Å². The summed E-state index contributed by atoms with van der Waals surface area (Å²) in [5.41, 5.74) is 0. The smallest absolute Gasteiger partial charge is 0.462 e. The number of esters is 4. The van der Waals surface area contributed by atoms with Crippen molar-refractivity contribution < 1.29 is 80.2 Å². The molecule has 0 heterocycles. The van der Waals surface area contributed by atoms with Crippen LogP contribution in [0, 0.1) is 0 Å². The van der Waals surface area contributed by atoms with Gasteiger partial charge in [0.25, 0.3) is 0 Å². The van der Waals surface area contributed by atoms with Gasteiger partial charge in [0.1, 0.15) is 19.3 Å². The van der Waals surface area contributed by atoms with Crippen molar-refractivity contribution in [1.29, 1.82) is 0 Å². The Morgan fingerprint density at radius 2 is 0.471 bits per heavy atom. The molecule has 0 aromatic heterocycles. The second-order valence-electron chi connectivity index (χ2n) is 23.9. The number of aliphatic hydroxyl groups excluding tert-OH is 1. The fourth-order valence-electron chi connectivity index (χ4n) is 9.99.